The number of aromatic amines is 1. The summed E-state index contributed by atoms with van der Waals surface area (Å²) in [4.78, 5) is 18.5. The molecule has 172 valence electrons. The summed E-state index contributed by atoms with van der Waals surface area (Å²) in [5.41, 5.74) is 3.07. The first-order valence-electron chi connectivity index (χ1n) is 11.2. The maximum atomic E-state index is 13.3. The van der Waals surface area contributed by atoms with Crippen molar-refractivity contribution in [3.8, 4) is 11.4 Å². The van der Waals surface area contributed by atoms with Crippen molar-refractivity contribution >= 4 is 22.4 Å². The highest BCUT2D eigenvalue weighted by molar-refractivity contribution is 5.92. The number of hydrogen-bond acceptors (Lipinski definition) is 6. The molecule has 2 fully saturated rings. The molecule has 0 aromatic carbocycles. The van der Waals surface area contributed by atoms with Crippen molar-refractivity contribution in [2.24, 2.45) is 5.92 Å². The van der Waals surface area contributed by atoms with Crippen molar-refractivity contribution in [3.05, 3.63) is 41.5 Å². The van der Waals surface area contributed by atoms with E-state index < -0.39 is 11.9 Å². The summed E-state index contributed by atoms with van der Waals surface area (Å²) in [5, 5.41) is 7.11. The van der Waals surface area contributed by atoms with Gasteiger partial charge in [0.15, 0.2) is 5.82 Å². The molecule has 5 heterocycles. The van der Waals surface area contributed by atoms with Crippen molar-refractivity contribution < 1.29 is 13.2 Å². The van der Waals surface area contributed by atoms with Crippen LogP contribution in [-0.2, 0) is 12.7 Å². The maximum absolute atomic E-state index is 13.3. The first-order chi connectivity index (χ1) is 15.9. The van der Waals surface area contributed by atoms with Gasteiger partial charge in [0.2, 0.25) is 0 Å². The molecule has 1 saturated carbocycles. The molecule has 3 aromatic heterocycles. The van der Waals surface area contributed by atoms with Crippen LogP contribution in [0.4, 0.5) is 19.0 Å². The molecule has 1 atom stereocenters. The molecule has 6 rings (SSSR count). The van der Waals surface area contributed by atoms with Crippen LogP contribution in [0.3, 0.4) is 0 Å². The highest BCUT2D eigenvalue weighted by Crippen LogP contribution is 2.46. The summed E-state index contributed by atoms with van der Waals surface area (Å²) in [6.07, 6.45) is 2.41. The van der Waals surface area contributed by atoms with Crippen LogP contribution >= 0.6 is 0 Å². The Morgan fingerprint density at radius 3 is 2.73 bits per heavy atom. The van der Waals surface area contributed by atoms with Gasteiger partial charge in [-0.2, -0.15) is 13.2 Å². The molecule has 3 aliphatic rings. The third-order valence-electron chi connectivity index (χ3n) is 6.79. The number of pyridine rings is 1. The molecule has 0 spiro atoms. The van der Waals surface area contributed by atoms with E-state index in [0.717, 1.165) is 55.5 Å². The molecule has 3 N–H and O–H groups in total. The fraction of sp³-hybridized carbons (Fsp3) is 0.435. The van der Waals surface area contributed by atoms with Gasteiger partial charge in [-0.25, -0.2) is 15.0 Å². The number of anilines is 1. The molecule has 10 heteroatoms. The quantitative estimate of drug-likeness (QED) is 0.557. The number of halogens is 3. The minimum absolute atomic E-state index is 0.174. The monoisotopic (exact) mass is 455 g/mol. The lowest BCUT2D eigenvalue weighted by atomic mass is 9.97. The standard InChI is InChI=1S/C23H24F3N7/c1-33(13-4-6-27-9-13)22-19-16(12-2-3-12)10-28-11-17(19)30-21(32-22)14-5-7-29-20-15(14)8-18(31-20)23(24,25)26/h5,7-8,10,12-13,27-28H,2-4,6,9,11H2,1H3,(H,29,31). The van der Waals surface area contributed by atoms with E-state index in [4.69, 9.17) is 9.97 Å². The Labute approximate surface area is 188 Å². The lowest BCUT2D eigenvalue weighted by Gasteiger charge is -2.30. The summed E-state index contributed by atoms with van der Waals surface area (Å²) in [7, 11) is 2.05. The number of allylic oxidation sites excluding steroid dienone is 1. The molecule has 1 aliphatic carbocycles. The molecule has 1 unspecified atom stereocenters. The summed E-state index contributed by atoms with van der Waals surface area (Å²) in [6.45, 7) is 2.38. The molecule has 7 nitrogen and oxygen atoms in total. The fourth-order valence-corrected chi connectivity index (χ4v) is 4.86. The van der Waals surface area contributed by atoms with Crippen molar-refractivity contribution in [1.29, 1.82) is 0 Å². The Hall–Kier alpha value is -3.14. The number of nitrogens with one attached hydrogen (secondary N) is 3. The predicted octanol–water partition coefficient (Wildman–Crippen LogP) is 3.69. The zero-order chi connectivity index (χ0) is 22.7. The first kappa shape index (κ1) is 20.5. The van der Waals surface area contributed by atoms with Gasteiger partial charge in [0, 0.05) is 48.5 Å². The predicted molar refractivity (Wildman–Crippen MR) is 119 cm³/mol. The van der Waals surface area contributed by atoms with Gasteiger partial charge in [-0.15, -0.1) is 0 Å². The second kappa shape index (κ2) is 7.44. The molecule has 1 saturated heterocycles. The molecular weight excluding hydrogens is 431 g/mol. The number of likely N-dealkylation sites (N-methyl/N-ethyl adjacent to an activating group) is 1. The molecule has 0 radical (unpaired) electrons. The Morgan fingerprint density at radius 2 is 2.00 bits per heavy atom. The Kier molecular flexibility index (Phi) is 4.62. The first-order valence-corrected chi connectivity index (χ1v) is 11.2. The molecule has 3 aromatic rings. The van der Waals surface area contributed by atoms with Crippen molar-refractivity contribution in [1.82, 2.24) is 30.6 Å². The lowest BCUT2D eigenvalue weighted by Crippen LogP contribution is -2.35. The van der Waals surface area contributed by atoms with E-state index in [9.17, 15) is 13.2 Å². The van der Waals surface area contributed by atoms with E-state index in [0.29, 0.717) is 35.3 Å². The summed E-state index contributed by atoms with van der Waals surface area (Å²) < 4.78 is 40.0. The second-order valence-electron chi connectivity index (χ2n) is 9.01. The van der Waals surface area contributed by atoms with Gasteiger partial charge < -0.3 is 20.5 Å². The van der Waals surface area contributed by atoms with E-state index in [-0.39, 0.29) is 5.65 Å². The SMILES string of the molecule is CN(c1nc(-c2ccnc3[nH]c(C(F)(F)F)cc23)nc2c1C(C1CC1)=CNC2)C1CCNC1. The topological polar surface area (TPSA) is 81.8 Å². The number of nitrogens with zero attached hydrogens (tertiary/aromatic N) is 4. The number of rotatable bonds is 4. The number of H-pyrrole nitrogens is 1. The summed E-state index contributed by atoms with van der Waals surface area (Å²) in [6, 6.07) is 3.08. The lowest BCUT2D eigenvalue weighted by molar-refractivity contribution is -0.140. The normalized spacial score (nSPS) is 20.5. The van der Waals surface area contributed by atoms with Gasteiger partial charge in [0.05, 0.1) is 12.2 Å². The number of alkyl halides is 3. The highest BCUT2D eigenvalue weighted by Gasteiger charge is 2.36. The Balaban J connectivity index is 1.53. The van der Waals surface area contributed by atoms with E-state index in [1.807, 2.05) is 0 Å². The Bertz CT molecular complexity index is 1250. The largest absolute Gasteiger partial charge is 0.431 e. The van der Waals surface area contributed by atoms with E-state index >= 15 is 0 Å². The average molecular weight is 455 g/mol. The number of fused-ring (bicyclic) bond motifs is 2. The third-order valence-corrected chi connectivity index (χ3v) is 6.79. The zero-order valence-electron chi connectivity index (χ0n) is 18.1. The van der Waals surface area contributed by atoms with Gasteiger partial charge in [-0.05, 0) is 49.4 Å². The third kappa shape index (κ3) is 3.52. The minimum atomic E-state index is -4.48. The van der Waals surface area contributed by atoms with E-state index in [1.54, 1.807) is 6.07 Å². The number of aromatic nitrogens is 4. The molecular formula is C23H24F3N7. The minimum Gasteiger partial charge on any atom is -0.385 e. The van der Waals surface area contributed by atoms with Crippen LogP contribution in [0, 0.1) is 5.92 Å². The highest BCUT2D eigenvalue weighted by atomic mass is 19.4. The van der Waals surface area contributed by atoms with Gasteiger partial charge in [-0.1, -0.05) is 0 Å². The zero-order valence-corrected chi connectivity index (χ0v) is 18.1. The van der Waals surface area contributed by atoms with Crippen LogP contribution in [0.25, 0.3) is 28.0 Å². The van der Waals surface area contributed by atoms with Crippen LogP contribution in [0.15, 0.2) is 24.5 Å². The van der Waals surface area contributed by atoms with E-state index in [1.165, 1.54) is 11.8 Å². The van der Waals surface area contributed by atoms with Crippen LogP contribution in [0.1, 0.15) is 36.2 Å². The molecule has 0 bridgehead atoms. The van der Waals surface area contributed by atoms with Gasteiger partial charge >= 0.3 is 6.18 Å². The molecule has 33 heavy (non-hydrogen) atoms. The second-order valence-corrected chi connectivity index (χ2v) is 9.01. The Morgan fingerprint density at radius 1 is 1.15 bits per heavy atom. The molecule has 2 aliphatic heterocycles. The van der Waals surface area contributed by atoms with Crippen molar-refractivity contribution in [2.75, 3.05) is 25.0 Å². The van der Waals surface area contributed by atoms with Crippen LogP contribution in [0.2, 0.25) is 0 Å². The van der Waals surface area contributed by atoms with Gasteiger partial charge in [0.25, 0.3) is 0 Å². The van der Waals surface area contributed by atoms with Crippen molar-refractivity contribution in [3.63, 3.8) is 0 Å². The fourth-order valence-electron chi connectivity index (χ4n) is 4.86. The van der Waals surface area contributed by atoms with Crippen molar-refractivity contribution in [2.45, 2.75) is 38.0 Å². The number of hydrogen-bond donors (Lipinski definition) is 3. The van der Waals surface area contributed by atoms with Crippen LogP contribution in [0.5, 0.6) is 0 Å². The maximum Gasteiger partial charge on any atom is 0.431 e. The van der Waals surface area contributed by atoms with Gasteiger partial charge in [0.1, 0.15) is 17.2 Å². The van der Waals surface area contributed by atoms with Crippen LogP contribution in [-0.4, -0.2) is 46.1 Å². The summed E-state index contributed by atoms with van der Waals surface area (Å²) in [5.74, 6) is 1.77. The van der Waals surface area contributed by atoms with Crippen LogP contribution < -0.4 is 15.5 Å². The van der Waals surface area contributed by atoms with E-state index in [2.05, 4.69) is 38.7 Å². The average Bonchev–Trinajstić information content (AvgIpc) is 3.30. The summed E-state index contributed by atoms with van der Waals surface area (Å²) >= 11 is 0. The smallest absolute Gasteiger partial charge is 0.385 e. The molecule has 0 amide bonds. The van der Waals surface area contributed by atoms with Gasteiger partial charge in [-0.3, -0.25) is 0 Å².